The van der Waals surface area contributed by atoms with Crippen LogP contribution in [0.5, 0.6) is 5.75 Å². The lowest BCUT2D eigenvalue weighted by atomic mass is 10.1. The molecule has 0 bridgehead atoms. The smallest absolute Gasteiger partial charge is 0.134 e. The number of hydrogen-bond donors (Lipinski definition) is 1. The van der Waals surface area contributed by atoms with E-state index < -0.39 is 0 Å². The number of rotatable bonds is 8. The largest absolute Gasteiger partial charge is 0.496 e. The zero-order valence-corrected chi connectivity index (χ0v) is 11.7. The molecule has 0 amide bonds. The molecule has 1 aliphatic rings. The topological polar surface area (TPSA) is 21.3 Å². The Bertz CT molecular complexity index is 333. The van der Waals surface area contributed by atoms with Crippen LogP contribution >= 0.6 is 11.3 Å². The minimum atomic E-state index is 0.491. The summed E-state index contributed by atoms with van der Waals surface area (Å²) in [6, 6.07) is 2.57. The van der Waals surface area contributed by atoms with E-state index in [0.29, 0.717) is 6.04 Å². The third-order valence-corrected chi connectivity index (χ3v) is 4.41. The fourth-order valence-electron chi connectivity index (χ4n) is 2.19. The molecule has 0 radical (unpaired) electrons. The number of thiophene rings is 1. The fourth-order valence-corrected chi connectivity index (χ4v) is 3.16. The van der Waals surface area contributed by atoms with Crippen molar-refractivity contribution in [3.8, 4) is 5.75 Å². The van der Waals surface area contributed by atoms with Gasteiger partial charge < -0.3 is 10.1 Å². The van der Waals surface area contributed by atoms with Crippen LogP contribution in [-0.4, -0.2) is 13.7 Å². The molecule has 2 rings (SSSR count). The minimum Gasteiger partial charge on any atom is -0.496 e. The van der Waals surface area contributed by atoms with Crippen molar-refractivity contribution in [1.82, 2.24) is 5.32 Å². The van der Waals surface area contributed by atoms with Crippen molar-refractivity contribution >= 4 is 11.3 Å². The highest BCUT2D eigenvalue weighted by atomic mass is 32.1. The Labute approximate surface area is 108 Å². The maximum Gasteiger partial charge on any atom is 0.134 e. The number of methoxy groups -OCH3 is 1. The molecular weight excluding hydrogens is 230 g/mol. The van der Waals surface area contributed by atoms with E-state index in [-0.39, 0.29) is 0 Å². The maximum atomic E-state index is 5.44. The molecule has 0 spiro atoms. The number of ether oxygens (including phenoxy) is 1. The number of hydrogen-bond acceptors (Lipinski definition) is 3. The molecule has 1 unspecified atom stereocenters. The predicted octanol–water partition coefficient (Wildman–Crippen LogP) is 3.99. The Morgan fingerprint density at radius 3 is 3.00 bits per heavy atom. The van der Waals surface area contributed by atoms with Crippen LogP contribution in [0.2, 0.25) is 0 Å². The average molecular weight is 253 g/mol. The standard InChI is InChI=1S/C14H23NOS/c1-3-9-15-12(7-6-11-4-5-11)14-13(16-2)8-10-17-14/h8,10-12,15H,3-7,9H2,1-2H3. The summed E-state index contributed by atoms with van der Waals surface area (Å²) in [4.78, 5) is 1.38. The van der Waals surface area contributed by atoms with Crippen LogP contribution in [-0.2, 0) is 0 Å². The Hall–Kier alpha value is -0.540. The van der Waals surface area contributed by atoms with Crippen LogP contribution in [0, 0.1) is 5.92 Å². The van der Waals surface area contributed by atoms with E-state index in [4.69, 9.17) is 4.74 Å². The summed E-state index contributed by atoms with van der Waals surface area (Å²) in [7, 11) is 1.77. The maximum absolute atomic E-state index is 5.44. The van der Waals surface area contributed by atoms with Gasteiger partial charge in [-0.25, -0.2) is 0 Å². The Morgan fingerprint density at radius 2 is 2.35 bits per heavy atom. The molecule has 0 aliphatic heterocycles. The quantitative estimate of drug-likeness (QED) is 0.756. The molecule has 1 fully saturated rings. The molecule has 3 heteroatoms. The second kappa shape index (κ2) is 6.41. The summed E-state index contributed by atoms with van der Waals surface area (Å²) in [5.41, 5.74) is 0. The Balaban J connectivity index is 1.96. The van der Waals surface area contributed by atoms with E-state index in [0.717, 1.165) is 18.2 Å². The average Bonchev–Trinajstić information content (AvgIpc) is 3.05. The second-order valence-electron chi connectivity index (χ2n) is 4.88. The van der Waals surface area contributed by atoms with Gasteiger partial charge in [-0.15, -0.1) is 11.3 Å². The molecule has 0 aromatic carbocycles. The van der Waals surface area contributed by atoms with E-state index in [1.807, 2.05) is 11.3 Å². The molecule has 2 nitrogen and oxygen atoms in total. The minimum absolute atomic E-state index is 0.491. The summed E-state index contributed by atoms with van der Waals surface area (Å²) in [5, 5.41) is 5.79. The van der Waals surface area contributed by atoms with Gasteiger partial charge >= 0.3 is 0 Å². The summed E-state index contributed by atoms with van der Waals surface area (Å²) in [6.07, 6.45) is 6.70. The van der Waals surface area contributed by atoms with Crippen molar-refractivity contribution in [2.45, 2.75) is 45.1 Å². The van der Waals surface area contributed by atoms with Gasteiger partial charge in [-0.05, 0) is 43.2 Å². The molecule has 1 heterocycles. The first-order valence-corrected chi connectivity index (χ1v) is 7.57. The highest BCUT2D eigenvalue weighted by Gasteiger charge is 2.24. The lowest BCUT2D eigenvalue weighted by Gasteiger charge is -2.18. The van der Waals surface area contributed by atoms with E-state index in [2.05, 4.69) is 23.7 Å². The van der Waals surface area contributed by atoms with Gasteiger partial charge in [-0.3, -0.25) is 0 Å². The first kappa shape index (κ1) is 12.9. The molecule has 1 N–H and O–H groups in total. The van der Waals surface area contributed by atoms with Gasteiger partial charge in [0.25, 0.3) is 0 Å². The van der Waals surface area contributed by atoms with Gasteiger partial charge in [0.05, 0.1) is 12.0 Å². The van der Waals surface area contributed by atoms with Crippen molar-refractivity contribution < 1.29 is 4.74 Å². The summed E-state index contributed by atoms with van der Waals surface area (Å²) in [6.45, 7) is 3.31. The molecule has 0 saturated heterocycles. The van der Waals surface area contributed by atoms with Gasteiger partial charge in [0.2, 0.25) is 0 Å². The first-order valence-electron chi connectivity index (χ1n) is 6.70. The Kier molecular flexibility index (Phi) is 4.86. The fraction of sp³-hybridized carbons (Fsp3) is 0.714. The molecular formula is C14H23NOS. The molecule has 1 atom stereocenters. The molecule has 1 aromatic rings. The highest BCUT2D eigenvalue weighted by Crippen LogP contribution is 2.39. The summed E-state index contributed by atoms with van der Waals surface area (Å²) >= 11 is 1.82. The van der Waals surface area contributed by atoms with Crippen LogP contribution in [0.15, 0.2) is 11.4 Å². The van der Waals surface area contributed by atoms with Crippen molar-refractivity contribution in [3.63, 3.8) is 0 Å². The van der Waals surface area contributed by atoms with Crippen molar-refractivity contribution in [1.29, 1.82) is 0 Å². The van der Waals surface area contributed by atoms with E-state index in [1.165, 1.54) is 37.0 Å². The molecule has 17 heavy (non-hydrogen) atoms. The van der Waals surface area contributed by atoms with Crippen LogP contribution in [0.1, 0.15) is 49.9 Å². The normalized spacial score (nSPS) is 17.1. The highest BCUT2D eigenvalue weighted by molar-refractivity contribution is 7.10. The second-order valence-corrected chi connectivity index (χ2v) is 5.83. The molecule has 1 aliphatic carbocycles. The Morgan fingerprint density at radius 1 is 1.53 bits per heavy atom. The van der Waals surface area contributed by atoms with E-state index >= 15 is 0 Å². The van der Waals surface area contributed by atoms with Gasteiger partial charge in [0, 0.05) is 6.04 Å². The van der Waals surface area contributed by atoms with Gasteiger partial charge in [-0.2, -0.15) is 0 Å². The summed E-state index contributed by atoms with van der Waals surface area (Å²) < 4.78 is 5.44. The molecule has 1 saturated carbocycles. The van der Waals surface area contributed by atoms with Gasteiger partial charge in [0.1, 0.15) is 5.75 Å². The third kappa shape index (κ3) is 3.71. The SMILES string of the molecule is CCCNC(CCC1CC1)c1sccc1OC. The van der Waals surface area contributed by atoms with Crippen LogP contribution in [0.4, 0.5) is 0 Å². The van der Waals surface area contributed by atoms with Crippen LogP contribution in [0.25, 0.3) is 0 Å². The summed E-state index contributed by atoms with van der Waals surface area (Å²) in [5.74, 6) is 2.06. The van der Waals surface area contributed by atoms with Crippen molar-refractivity contribution in [3.05, 3.63) is 16.3 Å². The monoisotopic (exact) mass is 253 g/mol. The third-order valence-electron chi connectivity index (χ3n) is 3.39. The number of nitrogens with one attached hydrogen (secondary N) is 1. The van der Waals surface area contributed by atoms with Crippen LogP contribution in [0.3, 0.4) is 0 Å². The van der Waals surface area contributed by atoms with E-state index in [1.54, 1.807) is 7.11 Å². The molecule has 1 aromatic heterocycles. The first-order chi connectivity index (χ1) is 8.35. The van der Waals surface area contributed by atoms with Crippen molar-refractivity contribution in [2.24, 2.45) is 5.92 Å². The lowest BCUT2D eigenvalue weighted by molar-refractivity contribution is 0.396. The lowest BCUT2D eigenvalue weighted by Crippen LogP contribution is -2.21. The molecule has 96 valence electrons. The zero-order valence-electron chi connectivity index (χ0n) is 10.9. The van der Waals surface area contributed by atoms with Gasteiger partial charge in [-0.1, -0.05) is 19.8 Å². The van der Waals surface area contributed by atoms with Crippen LogP contribution < -0.4 is 10.1 Å². The van der Waals surface area contributed by atoms with E-state index in [9.17, 15) is 0 Å². The van der Waals surface area contributed by atoms with Gasteiger partial charge in [0.15, 0.2) is 0 Å². The predicted molar refractivity (Wildman–Crippen MR) is 73.9 cm³/mol. The van der Waals surface area contributed by atoms with Crippen molar-refractivity contribution in [2.75, 3.05) is 13.7 Å². The zero-order chi connectivity index (χ0) is 12.1.